The molecule has 0 bridgehead atoms. The summed E-state index contributed by atoms with van der Waals surface area (Å²) in [4.78, 5) is 1.30. The molecule has 16 heavy (non-hydrogen) atoms. The first-order valence-corrected chi connectivity index (χ1v) is 6.50. The molecule has 0 fully saturated rings. The van der Waals surface area contributed by atoms with Crippen molar-refractivity contribution in [2.24, 2.45) is 0 Å². The van der Waals surface area contributed by atoms with Crippen LogP contribution in [0.1, 0.15) is 23.3 Å². The third kappa shape index (κ3) is 1.62. The van der Waals surface area contributed by atoms with Crippen molar-refractivity contribution in [3.05, 3.63) is 41.6 Å². The zero-order chi connectivity index (χ0) is 11.0. The Morgan fingerprint density at radius 3 is 3.06 bits per heavy atom. The van der Waals surface area contributed by atoms with Crippen LogP contribution in [0.3, 0.4) is 0 Å². The fourth-order valence-electron chi connectivity index (χ4n) is 1.83. The van der Waals surface area contributed by atoms with E-state index in [2.05, 4.69) is 22.3 Å². The fraction of sp³-hybridized carbons (Fsp3) is 0.273. The summed E-state index contributed by atoms with van der Waals surface area (Å²) in [5.41, 5.74) is 1.28. The minimum absolute atomic E-state index is 0.214. The molecule has 3 rings (SSSR count). The number of nitrogens with zero attached hydrogens (tertiary/aromatic N) is 2. The topological polar surface area (TPSA) is 38.9 Å². The zero-order valence-electron chi connectivity index (χ0n) is 8.39. The van der Waals surface area contributed by atoms with E-state index in [0.29, 0.717) is 11.8 Å². The first kappa shape index (κ1) is 10.2. The van der Waals surface area contributed by atoms with Crippen LogP contribution in [0.25, 0.3) is 0 Å². The monoisotopic (exact) mass is 252 g/mol. The lowest BCUT2D eigenvalue weighted by atomic mass is 10.0. The molecule has 1 aromatic carbocycles. The molecule has 0 saturated heterocycles. The van der Waals surface area contributed by atoms with Crippen LogP contribution in [0.5, 0.6) is 0 Å². The Balaban J connectivity index is 1.98. The average molecular weight is 253 g/mol. The maximum atomic E-state index is 5.65. The number of rotatable bonds is 2. The molecule has 1 unspecified atom stereocenters. The molecule has 0 saturated carbocycles. The van der Waals surface area contributed by atoms with E-state index < -0.39 is 0 Å². The van der Waals surface area contributed by atoms with Gasteiger partial charge < -0.3 is 4.42 Å². The summed E-state index contributed by atoms with van der Waals surface area (Å²) >= 11 is 7.47. The highest BCUT2D eigenvalue weighted by molar-refractivity contribution is 7.99. The Morgan fingerprint density at radius 2 is 2.25 bits per heavy atom. The van der Waals surface area contributed by atoms with Crippen molar-refractivity contribution in [1.82, 2.24) is 10.2 Å². The molecule has 0 spiro atoms. The Morgan fingerprint density at radius 1 is 1.38 bits per heavy atom. The third-order valence-electron chi connectivity index (χ3n) is 2.59. The molecular formula is C11H9ClN2OS. The van der Waals surface area contributed by atoms with Crippen LogP contribution in [0.2, 0.25) is 0 Å². The highest BCUT2D eigenvalue weighted by Gasteiger charge is 2.28. The summed E-state index contributed by atoms with van der Waals surface area (Å²) in [5, 5.41) is 7.95. The number of thioether (sulfide) groups is 1. The second-order valence-electron chi connectivity index (χ2n) is 3.57. The van der Waals surface area contributed by atoms with Crippen LogP contribution in [0.4, 0.5) is 0 Å². The lowest BCUT2D eigenvalue weighted by Crippen LogP contribution is -1.99. The molecule has 2 heterocycles. The normalized spacial score (nSPS) is 18.7. The van der Waals surface area contributed by atoms with Gasteiger partial charge in [0.05, 0.1) is 5.92 Å². The molecule has 0 aliphatic carbocycles. The van der Waals surface area contributed by atoms with Gasteiger partial charge in [-0.05, 0) is 11.6 Å². The van der Waals surface area contributed by atoms with Crippen LogP contribution in [0, 0.1) is 0 Å². The number of alkyl halides is 1. The number of fused-ring (bicyclic) bond motifs is 1. The minimum atomic E-state index is 0.214. The van der Waals surface area contributed by atoms with Crippen molar-refractivity contribution in [1.29, 1.82) is 0 Å². The Kier molecular flexibility index (Phi) is 2.61. The van der Waals surface area contributed by atoms with Crippen LogP contribution >= 0.6 is 23.4 Å². The molecular weight excluding hydrogens is 244 g/mol. The number of hydrogen-bond donors (Lipinski definition) is 0. The molecule has 2 aromatic rings. The van der Waals surface area contributed by atoms with Gasteiger partial charge in [-0.25, -0.2) is 0 Å². The van der Waals surface area contributed by atoms with Gasteiger partial charge in [-0.1, -0.05) is 18.2 Å². The molecule has 1 aliphatic rings. The first-order chi connectivity index (χ1) is 7.88. The van der Waals surface area contributed by atoms with Gasteiger partial charge in [-0.3, -0.25) is 0 Å². The number of benzene rings is 1. The first-order valence-electron chi connectivity index (χ1n) is 4.98. The summed E-state index contributed by atoms with van der Waals surface area (Å²) < 4.78 is 5.51. The van der Waals surface area contributed by atoms with E-state index in [1.54, 1.807) is 0 Å². The van der Waals surface area contributed by atoms with Gasteiger partial charge in [0.2, 0.25) is 11.8 Å². The summed E-state index contributed by atoms with van der Waals surface area (Å²) in [6.45, 7) is 0. The van der Waals surface area contributed by atoms with Gasteiger partial charge in [-0.2, -0.15) is 0 Å². The largest absolute Gasteiger partial charge is 0.423 e. The maximum Gasteiger partial charge on any atom is 0.231 e. The average Bonchev–Trinajstić information content (AvgIpc) is 2.94. The van der Waals surface area contributed by atoms with Crippen molar-refractivity contribution < 1.29 is 4.42 Å². The van der Waals surface area contributed by atoms with Crippen LogP contribution in [-0.2, 0) is 5.88 Å². The van der Waals surface area contributed by atoms with Gasteiger partial charge in [0, 0.05) is 10.6 Å². The number of halogens is 1. The third-order valence-corrected chi connectivity index (χ3v) is 4.01. The summed E-state index contributed by atoms with van der Waals surface area (Å²) in [7, 11) is 0. The molecule has 0 N–H and O–H groups in total. The van der Waals surface area contributed by atoms with E-state index >= 15 is 0 Å². The van der Waals surface area contributed by atoms with Crippen molar-refractivity contribution in [2.45, 2.75) is 16.7 Å². The molecule has 0 radical (unpaired) electrons. The van der Waals surface area contributed by atoms with Gasteiger partial charge >= 0.3 is 0 Å². The van der Waals surface area contributed by atoms with Gasteiger partial charge in [-0.15, -0.1) is 33.6 Å². The van der Waals surface area contributed by atoms with E-state index in [0.717, 1.165) is 5.75 Å². The van der Waals surface area contributed by atoms with E-state index in [1.807, 2.05) is 23.9 Å². The van der Waals surface area contributed by atoms with Gasteiger partial charge in [0.15, 0.2) is 0 Å². The predicted molar refractivity (Wildman–Crippen MR) is 62.9 cm³/mol. The molecule has 3 nitrogen and oxygen atoms in total. The highest BCUT2D eigenvalue weighted by Crippen LogP contribution is 2.42. The zero-order valence-corrected chi connectivity index (χ0v) is 9.96. The molecule has 1 aromatic heterocycles. The number of aromatic nitrogens is 2. The van der Waals surface area contributed by atoms with Crippen LogP contribution in [-0.4, -0.2) is 16.0 Å². The standard InChI is InChI=1S/C11H9ClN2OS/c12-5-10-13-14-11(15-10)8-6-16-9-4-2-1-3-7(8)9/h1-4,8H,5-6H2. The van der Waals surface area contributed by atoms with Crippen molar-refractivity contribution >= 4 is 23.4 Å². The summed E-state index contributed by atoms with van der Waals surface area (Å²) in [5.74, 6) is 2.61. The van der Waals surface area contributed by atoms with Crippen molar-refractivity contribution in [3.63, 3.8) is 0 Å². The van der Waals surface area contributed by atoms with Gasteiger partial charge in [0.1, 0.15) is 5.88 Å². The van der Waals surface area contributed by atoms with Crippen molar-refractivity contribution in [3.8, 4) is 0 Å². The summed E-state index contributed by atoms with van der Waals surface area (Å²) in [6.07, 6.45) is 0. The van der Waals surface area contributed by atoms with E-state index in [9.17, 15) is 0 Å². The Bertz CT molecular complexity index is 514. The van der Waals surface area contributed by atoms with Crippen LogP contribution < -0.4 is 0 Å². The Hall–Kier alpha value is -1.00. The quantitative estimate of drug-likeness (QED) is 0.770. The predicted octanol–water partition coefficient (Wildman–Crippen LogP) is 3.05. The van der Waals surface area contributed by atoms with Crippen LogP contribution in [0.15, 0.2) is 33.6 Å². The second kappa shape index (κ2) is 4.11. The molecule has 5 heteroatoms. The lowest BCUT2D eigenvalue weighted by molar-refractivity contribution is 0.454. The van der Waals surface area contributed by atoms with E-state index in [-0.39, 0.29) is 11.8 Å². The van der Waals surface area contributed by atoms with E-state index in [4.69, 9.17) is 16.0 Å². The second-order valence-corrected chi connectivity index (χ2v) is 4.90. The molecule has 0 amide bonds. The van der Waals surface area contributed by atoms with Crippen molar-refractivity contribution in [2.75, 3.05) is 5.75 Å². The maximum absolute atomic E-state index is 5.65. The molecule has 1 atom stereocenters. The number of hydrogen-bond acceptors (Lipinski definition) is 4. The lowest BCUT2D eigenvalue weighted by Gasteiger charge is -2.04. The molecule has 82 valence electrons. The smallest absolute Gasteiger partial charge is 0.231 e. The summed E-state index contributed by atoms with van der Waals surface area (Å²) in [6, 6.07) is 8.33. The SMILES string of the molecule is ClCc1nnc(C2CSc3ccccc32)o1. The minimum Gasteiger partial charge on any atom is -0.423 e. The molecule has 1 aliphatic heterocycles. The highest BCUT2D eigenvalue weighted by atomic mass is 35.5. The van der Waals surface area contributed by atoms with Gasteiger partial charge in [0.25, 0.3) is 0 Å². The van der Waals surface area contributed by atoms with E-state index in [1.165, 1.54) is 10.5 Å². The Labute approximate surface area is 102 Å². The fourth-order valence-corrected chi connectivity index (χ4v) is 3.16.